The number of anilines is 2. The smallest absolute Gasteiger partial charge is 0.335 e. The molecule has 2 N–H and O–H groups in total. The number of nitriles is 1. The van der Waals surface area contributed by atoms with Crippen LogP contribution in [0, 0.1) is 11.3 Å². The molecule has 6 heteroatoms. The van der Waals surface area contributed by atoms with E-state index in [9.17, 15) is 4.79 Å². The Morgan fingerprint density at radius 3 is 2.55 bits per heavy atom. The van der Waals surface area contributed by atoms with Gasteiger partial charge in [0.25, 0.3) is 0 Å². The number of halogens is 2. The predicted molar refractivity (Wildman–Crippen MR) is 80.6 cm³/mol. The van der Waals surface area contributed by atoms with Crippen LogP contribution in [0.5, 0.6) is 0 Å². The third kappa shape index (κ3) is 3.10. The molecule has 100 valence electrons. The highest BCUT2D eigenvalue weighted by molar-refractivity contribution is 9.10. The molecule has 0 bridgehead atoms. The molecule has 0 saturated heterocycles. The van der Waals surface area contributed by atoms with Gasteiger partial charge in [-0.1, -0.05) is 11.6 Å². The molecule has 0 unspecified atom stereocenters. The lowest BCUT2D eigenvalue weighted by molar-refractivity contribution is 0.0697. The SMILES string of the molecule is N#Cc1cc(Cl)ccc1Nc1ccc(C(=O)O)cc1Br. The van der Waals surface area contributed by atoms with Gasteiger partial charge in [0.05, 0.1) is 22.5 Å². The summed E-state index contributed by atoms with van der Waals surface area (Å²) in [5.41, 5.74) is 1.85. The lowest BCUT2D eigenvalue weighted by Crippen LogP contribution is -1.99. The minimum atomic E-state index is -0.999. The van der Waals surface area contributed by atoms with Crippen LogP contribution in [0.1, 0.15) is 15.9 Å². The first-order valence-corrected chi connectivity index (χ1v) is 6.68. The molecule has 0 spiro atoms. The van der Waals surface area contributed by atoms with Crippen molar-refractivity contribution in [3.63, 3.8) is 0 Å². The maximum atomic E-state index is 10.9. The van der Waals surface area contributed by atoms with Crippen molar-refractivity contribution >= 4 is 44.9 Å². The molecule has 20 heavy (non-hydrogen) atoms. The molecule has 0 saturated carbocycles. The molecule has 2 aromatic carbocycles. The molecule has 0 heterocycles. The van der Waals surface area contributed by atoms with Crippen LogP contribution in [0.3, 0.4) is 0 Å². The molecule has 0 radical (unpaired) electrons. The summed E-state index contributed by atoms with van der Waals surface area (Å²) in [6, 6.07) is 11.6. The standard InChI is InChI=1S/C14H8BrClN2O2/c15-11-6-8(14(19)20)1-3-13(11)18-12-4-2-10(16)5-9(12)7-17/h1-6,18H,(H,19,20). The number of hydrogen-bond acceptors (Lipinski definition) is 3. The second kappa shape index (κ2) is 5.95. The van der Waals surface area contributed by atoms with Gasteiger partial charge in [0.1, 0.15) is 6.07 Å². The van der Waals surface area contributed by atoms with Gasteiger partial charge < -0.3 is 10.4 Å². The number of benzene rings is 2. The Morgan fingerprint density at radius 2 is 1.95 bits per heavy atom. The van der Waals surface area contributed by atoms with Gasteiger partial charge in [0, 0.05) is 9.50 Å². The van der Waals surface area contributed by atoms with Crippen LogP contribution in [-0.4, -0.2) is 11.1 Å². The Kier molecular flexibility index (Phi) is 4.28. The number of nitrogens with zero attached hydrogens (tertiary/aromatic N) is 1. The van der Waals surface area contributed by atoms with Crippen molar-refractivity contribution in [3.05, 3.63) is 57.0 Å². The third-order valence-corrected chi connectivity index (χ3v) is 3.48. The predicted octanol–water partition coefficient (Wildman–Crippen LogP) is 4.42. The van der Waals surface area contributed by atoms with E-state index in [1.807, 2.05) is 6.07 Å². The largest absolute Gasteiger partial charge is 0.478 e. The van der Waals surface area contributed by atoms with E-state index in [0.717, 1.165) is 0 Å². The molecule has 0 amide bonds. The molecular weight excluding hydrogens is 344 g/mol. The number of carboxylic acids is 1. The van der Waals surface area contributed by atoms with Gasteiger partial charge in [0.15, 0.2) is 0 Å². The maximum Gasteiger partial charge on any atom is 0.335 e. The molecule has 4 nitrogen and oxygen atoms in total. The summed E-state index contributed by atoms with van der Waals surface area (Å²) in [6.07, 6.45) is 0. The van der Waals surface area contributed by atoms with E-state index < -0.39 is 5.97 Å². The average molecular weight is 352 g/mol. The Bertz CT molecular complexity index is 726. The van der Waals surface area contributed by atoms with Crippen molar-refractivity contribution in [3.8, 4) is 6.07 Å². The van der Waals surface area contributed by atoms with Crippen molar-refractivity contribution in [2.75, 3.05) is 5.32 Å². The minimum Gasteiger partial charge on any atom is -0.478 e. The molecular formula is C14H8BrClN2O2. The minimum absolute atomic E-state index is 0.180. The monoisotopic (exact) mass is 350 g/mol. The van der Waals surface area contributed by atoms with E-state index in [0.29, 0.717) is 26.4 Å². The zero-order valence-electron chi connectivity index (χ0n) is 10.0. The zero-order valence-corrected chi connectivity index (χ0v) is 12.4. The third-order valence-electron chi connectivity index (χ3n) is 2.59. The van der Waals surface area contributed by atoms with Crippen LogP contribution in [-0.2, 0) is 0 Å². The fourth-order valence-corrected chi connectivity index (χ4v) is 2.26. The van der Waals surface area contributed by atoms with Gasteiger partial charge in [-0.05, 0) is 52.3 Å². The summed E-state index contributed by atoms with van der Waals surface area (Å²) in [7, 11) is 0. The van der Waals surface area contributed by atoms with Crippen LogP contribution in [0.2, 0.25) is 5.02 Å². The molecule has 0 atom stereocenters. The summed E-state index contributed by atoms with van der Waals surface area (Å²) in [4.78, 5) is 10.9. The van der Waals surface area contributed by atoms with Gasteiger partial charge in [-0.25, -0.2) is 4.79 Å². The first-order valence-electron chi connectivity index (χ1n) is 5.51. The van der Waals surface area contributed by atoms with E-state index in [1.54, 1.807) is 24.3 Å². The van der Waals surface area contributed by atoms with Crippen LogP contribution in [0.15, 0.2) is 40.9 Å². The second-order valence-corrected chi connectivity index (χ2v) is 5.22. The lowest BCUT2D eigenvalue weighted by Gasteiger charge is -2.11. The van der Waals surface area contributed by atoms with Crippen molar-refractivity contribution in [1.82, 2.24) is 0 Å². The number of aromatic carboxylic acids is 1. The molecule has 0 fully saturated rings. The second-order valence-electron chi connectivity index (χ2n) is 3.93. The Morgan fingerprint density at radius 1 is 1.25 bits per heavy atom. The molecule has 0 aliphatic rings. The van der Waals surface area contributed by atoms with Crippen molar-refractivity contribution in [2.45, 2.75) is 0 Å². The van der Waals surface area contributed by atoms with Crippen molar-refractivity contribution in [2.24, 2.45) is 0 Å². The summed E-state index contributed by atoms with van der Waals surface area (Å²) in [5.74, 6) is -0.999. The van der Waals surface area contributed by atoms with Crippen LogP contribution in [0.25, 0.3) is 0 Å². The molecule has 2 rings (SSSR count). The number of nitrogens with one attached hydrogen (secondary N) is 1. The molecule has 0 aliphatic heterocycles. The fourth-order valence-electron chi connectivity index (χ4n) is 1.61. The number of carbonyl (C=O) groups is 1. The van der Waals surface area contributed by atoms with E-state index in [1.165, 1.54) is 12.1 Å². The van der Waals surface area contributed by atoms with Crippen LogP contribution < -0.4 is 5.32 Å². The van der Waals surface area contributed by atoms with Gasteiger partial charge in [-0.3, -0.25) is 0 Å². The summed E-state index contributed by atoms with van der Waals surface area (Å²) >= 11 is 9.13. The molecule has 0 aliphatic carbocycles. The summed E-state index contributed by atoms with van der Waals surface area (Å²) < 4.78 is 0.594. The highest BCUT2D eigenvalue weighted by atomic mass is 79.9. The fraction of sp³-hybridized carbons (Fsp3) is 0. The first kappa shape index (κ1) is 14.4. The van der Waals surface area contributed by atoms with Gasteiger partial charge in [-0.2, -0.15) is 5.26 Å². The van der Waals surface area contributed by atoms with Gasteiger partial charge in [-0.15, -0.1) is 0 Å². The van der Waals surface area contributed by atoms with E-state index in [-0.39, 0.29) is 5.56 Å². The number of carboxylic acid groups (broad SMARTS) is 1. The average Bonchev–Trinajstić information content (AvgIpc) is 2.42. The maximum absolute atomic E-state index is 10.9. The lowest BCUT2D eigenvalue weighted by atomic mass is 10.1. The highest BCUT2D eigenvalue weighted by Gasteiger charge is 2.09. The Hall–Kier alpha value is -2.03. The van der Waals surface area contributed by atoms with E-state index in [2.05, 4.69) is 21.2 Å². The van der Waals surface area contributed by atoms with E-state index in [4.69, 9.17) is 22.0 Å². The van der Waals surface area contributed by atoms with Crippen LogP contribution >= 0.6 is 27.5 Å². The zero-order chi connectivity index (χ0) is 14.7. The van der Waals surface area contributed by atoms with E-state index >= 15 is 0 Å². The summed E-state index contributed by atoms with van der Waals surface area (Å²) in [5, 5.41) is 21.5. The van der Waals surface area contributed by atoms with Crippen LogP contribution in [0.4, 0.5) is 11.4 Å². The van der Waals surface area contributed by atoms with Gasteiger partial charge >= 0.3 is 5.97 Å². The van der Waals surface area contributed by atoms with Gasteiger partial charge in [0.2, 0.25) is 0 Å². The normalized spacial score (nSPS) is 9.85. The first-order chi connectivity index (χ1) is 9.51. The Balaban J connectivity index is 2.36. The topological polar surface area (TPSA) is 73.1 Å². The highest BCUT2D eigenvalue weighted by Crippen LogP contribution is 2.29. The summed E-state index contributed by atoms with van der Waals surface area (Å²) in [6.45, 7) is 0. The Labute approximate surface area is 128 Å². The molecule has 0 aromatic heterocycles. The molecule has 2 aromatic rings. The van der Waals surface area contributed by atoms with Crippen molar-refractivity contribution < 1.29 is 9.90 Å². The van der Waals surface area contributed by atoms with Crippen molar-refractivity contribution in [1.29, 1.82) is 5.26 Å². The number of rotatable bonds is 3. The quantitative estimate of drug-likeness (QED) is 0.858. The number of hydrogen-bond donors (Lipinski definition) is 2.